The molecule has 0 aliphatic carbocycles. The van der Waals surface area contributed by atoms with E-state index in [1.807, 2.05) is 18.5 Å². The van der Waals surface area contributed by atoms with Crippen molar-refractivity contribution in [3.63, 3.8) is 0 Å². The van der Waals surface area contributed by atoms with Gasteiger partial charge < -0.3 is 15.1 Å². The molecule has 7 nitrogen and oxygen atoms in total. The first-order chi connectivity index (χ1) is 16.6. The van der Waals surface area contributed by atoms with Crippen LogP contribution < -0.4 is 15.1 Å². The van der Waals surface area contributed by atoms with E-state index in [1.54, 1.807) is 0 Å². The SMILES string of the molecule is Cc1cc(Nc2nccc(-c3ccc(N4CCCCC4)nc3)n2)ccc1N1CC2CC1CN2C. The molecule has 6 rings (SSSR count). The molecule has 2 atom stereocenters. The van der Waals surface area contributed by atoms with E-state index in [9.17, 15) is 0 Å². The van der Waals surface area contributed by atoms with Crippen molar-refractivity contribution in [3.8, 4) is 11.3 Å². The number of piperidine rings is 1. The van der Waals surface area contributed by atoms with Crippen molar-refractivity contribution in [2.24, 2.45) is 0 Å². The lowest BCUT2D eigenvalue weighted by Crippen LogP contribution is -2.44. The number of piperazine rings is 1. The van der Waals surface area contributed by atoms with Gasteiger partial charge >= 0.3 is 0 Å². The Labute approximate surface area is 201 Å². The van der Waals surface area contributed by atoms with Gasteiger partial charge in [0.15, 0.2) is 0 Å². The predicted molar refractivity (Wildman–Crippen MR) is 138 cm³/mol. The Morgan fingerprint density at radius 2 is 1.82 bits per heavy atom. The zero-order valence-electron chi connectivity index (χ0n) is 20.1. The maximum Gasteiger partial charge on any atom is 0.227 e. The topological polar surface area (TPSA) is 60.4 Å². The van der Waals surface area contributed by atoms with Crippen LogP contribution in [0.15, 0.2) is 48.8 Å². The van der Waals surface area contributed by atoms with E-state index in [4.69, 9.17) is 9.97 Å². The molecule has 5 heterocycles. The van der Waals surface area contributed by atoms with Crippen molar-refractivity contribution >= 4 is 23.1 Å². The third-order valence-electron chi connectivity index (χ3n) is 7.66. The van der Waals surface area contributed by atoms with Crippen LogP contribution >= 0.6 is 0 Å². The van der Waals surface area contributed by atoms with Gasteiger partial charge in [0.2, 0.25) is 5.95 Å². The highest BCUT2D eigenvalue weighted by molar-refractivity contribution is 5.66. The number of hydrogen-bond donors (Lipinski definition) is 1. The highest BCUT2D eigenvalue weighted by Gasteiger charge is 2.41. The Balaban J connectivity index is 1.16. The van der Waals surface area contributed by atoms with Crippen LogP contribution in [0.5, 0.6) is 0 Å². The van der Waals surface area contributed by atoms with Crippen molar-refractivity contribution in [2.45, 2.75) is 44.7 Å². The second-order valence-electron chi connectivity index (χ2n) is 9.98. The van der Waals surface area contributed by atoms with E-state index < -0.39 is 0 Å². The molecule has 1 N–H and O–H groups in total. The fraction of sp³-hybridized carbons (Fsp3) is 0.444. The summed E-state index contributed by atoms with van der Waals surface area (Å²) in [4.78, 5) is 21.4. The molecule has 34 heavy (non-hydrogen) atoms. The average molecular weight is 456 g/mol. The molecule has 3 aliphatic rings. The van der Waals surface area contributed by atoms with Crippen LogP contribution in [0, 0.1) is 6.92 Å². The molecule has 3 saturated heterocycles. The van der Waals surface area contributed by atoms with Crippen LogP contribution in [0.3, 0.4) is 0 Å². The van der Waals surface area contributed by atoms with Crippen LogP contribution in [-0.2, 0) is 0 Å². The summed E-state index contributed by atoms with van der Waals surface area (Å²) in [6.07, 6.45) is 8.84. The van der Waals surface area contributed by atoms with Crippen LogP contribution in [0.4, 0.5) is 23.1 Å². The number of likely N-dealkylation sites (tertiary alicyclic amines) is 1. The Kier molecular flexibility index (Phi) is 5.57. The molecule has 3 aromatic rings. The molecule has 1 aromatic carbocycles. The summed E-state index contributed by atoms with van der Waals surface area (Å²) in [6, 6.07) is 14.1. The maximum absolute atomic E-state index is 4.76. The number of anilines is 4. The summed E-state index contributed by atoms with van der Waals surface area (Å²) >= 11 is 0. The van der Waals surface area contributed by atoms with Gasteiger partial charge in [0, 0.05) is 67.6 Å². The molecule has 0 radical (unpaired) electrons. The van der Waals surface area contributed by atoms with Crippen molar-refractivity contribution < 1.29 is 0 Å². The van der Waals surface area contributed by atoms with E-state index in [0.29, 0.717) is 18.0 Å². The van der Waals surface area contributed by atoms with Crippen LogP contribution in [-0.4, -0.2) is 65.2 Å². The lowest BCUT2D eigenvalue weighted by atomic mass is 10.1. The van der Waals surface area contributed by atoms with Gasteiger partial charge in [0.05, 0.1) is 5.69 Å². The second-order valence-corrected chi connectivity index (χ2v) is 9.98. The molecule has 0 spiro atoms. The molecule has 0 saturated carbocycles. The third-order valence-corrected chi connectivity index (χ3v) is 7.66. The molecule has 176 valence electrons. The molecular weight excluding hydrogens is 422 g/mol. The second kappa shape index (κ2) is 8.87. The number of hydrogen-bond acceptors (Lipinski definition) is 7. The molecule has 2 bridgehead atoms. The molecule has 7 heteroatoms. The quantitative estimate of drug-likeness (QED) is 0.609. The smallest absolute Gasteiger partial charge is 0.227 e. The molecular formula is C27H33N7. The van der Waals surface area contributed by atoms with Gasteiger partial charge in [-0.25, -0.2) is 15.0 Å². The first-order valence-electron chi connectivity index (χ1n) is 12.5. The summed E-state index contributed by atoms with van der Waals surface area (Å²) < 4.78 is 0. The minimum Gasteiger partial charge on any atom is -0.365 e. The van der Waals surface area contributed by atoms with Crippen molar-refractivity contribution in [3.05, 3.63) is 54.4 Å². The number of pyridine rings is 1. The zero-order chi connectivity index (χ0) is 23.1. The van der Waals surface area contributed by atoms with Gasteiger partial charge in [-0.05, 0) is 81.6 Å². The van der Waals surface area contributed by atoms with E-state index in [-0.39, 0.29) is 0 Å². The number of nitrogens with zero attached hydrogens (tertiary/aromatic N) is 6. The molecule has 3 fully saturated rings. The lowest BCUT2D eigenvalue weighted by Gasteiger charge is -2.34. The van der Waals surface area contributed by atoms with Gasteiger partial charge in [0.1, 0.15) is 5.82 Å². The van der Waals surface area contributed by atoms with Gasteiger partial charge in [-0.1, -0.05) is 0 Å². The first kappa shape index (κ1) is 21.4. The minimum atomic E-state index is 0.603. The average Bonchev–Trinajstić information content (AvgIpc) is 3.45. The molecule has 2 unspecified atom stereocenters. The predicted octanol–water partition coefficient (Wildman–Crippen LogP) is 4.47. The molecule has 2 aromatic heterocycles. The number of rotatable bonds is 5. The molecule has 3 aliphatic heterocycles. The number of aromatic nitrogens is 3. The number of fused-ring (bicyclic) bond motifs is 2. The van der Waals surface area contributed by atoms with Gasteiger partial charge in [-0.15, -0.1) is 0 Å². The Bertz CT molecular complexity index is 1150. The van der Waals surface area contributed by atoms with E-state index >= 15 is 0 Å². The normalized spacial score (nSPS) is 22.4. The number of benzene rings is 1. The number of nitrogens with one attached hydrogen (secondary N) is 1. The Morgan fingerprint density at radius 3 is 2.53 bits per heavy atom. The standard InChI is InChI=1S/C27H33N7/c1-19-14-21(7-8-25(19)34-18-22-15-23(34)17-32(22)2)30-27-28-11-10-24(31-27)20-6-9-26(29-16-20)33-12-4-3-5-13-33/h6-11,14,16,22-23H,3-5,12-13,15,17-18H2,1-2H3,(H,28,30,31). The Morgan fingerprint density at radius 1 is 0.941 bits per heavy atom. The van der Waals surface area contributed by atoms with Crippen molar-refractivity contribution in [2.75, 3.05) is 48.3 Å². The monoisotopic (exact) mass is 455 g/mol. The van der Waals surface area contributed by atoms with Gasteiger partial charge in [-0.3, -0.25) is 4.90 Å². The fourth-order valence-corrected chi connectivity index (χ4v) is 5.77. The number of likely N-dealkylation sites (N-methyl/N-ethyl adjacent to an activating group) is 1. The summed E-state index contributed by atoms with van der Waals surface area (Å²) in [5, 5.41) is 3.40. The van der Waals surface area contributed by atoms with E-state index in [2.05, 4.69) is 69.3 Å². The number of aryl methyl sites for hydroxylation is 1. The third kappa shape index (κ3) is 4.09. The summed E-state index contributed by atoms with van der Waals surface area (Å²) in [6.45, 7) is 6.69. The van der Waals surface area contributed by atoms with Crippen LogP contribution in [0.25, 0.3) is 11.3 Å². The van der Waals surface area contributed by atoms with Crippen LogP contribution in [0.1, 0.15) is 31.2 Å². The van der Waals surface area contributed by atoms with Crippen LogP contribution in [0.2, 0.25) is 0 Å². The Hall–Kier alpha value is -3.19. The maximum atomic E-state index is 4.76. The first-order valence-corrected chi connectivity index (χ1v) is 12.5. The summed E-state index contributed by atoms with van der Waals surface area (Å²) in [5.74, 6) is 1.66. The van der Waals surface area contributed by atoms with Gasteiger partial charge in [0.25, 0.3) is 0 Å². The fourth-order valence-electron chi connectivity index (χ4n) is 5.77. The highest BCUT2D eigenvalue weighted by atomic mass is 15.3. The largest absolute Gasteiger partial charge is 0.365 e. The summed E-state index contributed by atoms with van der Waals surface area (Å²) in [7, 11) is 2.25. The van der Waals surface area contributed by atoms with Crippen molar-refractivity contribution in [1.82, 2.24) is 19.9 Å². The van der Waals surface area contributed by atoms with Gasteiger partial charge in [-0.2, -0.15) is 0 Å². The minimum absolute atomic E-state index is 0.603. The lowest BCUT2D eigenvalue weighted by molar-refractivity contribution is 0.292. The van der Waals surface area contributed by atoms with E-state index in [0.717, 1.165) is 42.4 Å². The summed E-state index contributed by atoms with van der Waals surface area (Å²) in [5.41, 5.74) is 5.53. The zero-order valence-corrected chi connectivity index (χ0v) is 20.1. The highest BCUT2D eigenvalue weighted by Crippen LogP contribution is 2.36. The van der Waals surface area contributed by atoms with E-state index in [1.165, 1.54) is 43.5 Å². The van der Waals surface area contributed by atoms with Crippen molar-refractivity contribution in [1.29, 1.82) is 0 Å². The molecule has 0 amide bonds.